The first kappa shape index (κ1) is 13.6. The maximum atomic E-state index is 13.7. The Morgan fingerprint density at radius 2 is 2.10 bits per heavy atom. The molecule has 1 saturated heterocycles. The van der Waals surface area contributed by atoms with Crippen LogP contribution in [-0.4, -0.2) is 19.0 Å². The third-order valence-electron chi connectivity index (χ3n) is 4.84. The molecule has 2 N–H and O–H groups in total. The van der Waals surface area contributed by atoms with Crippen LogP contribution in [0.1, 0.15) is 37.8 Å². The molecule has 4 heteroatoms. The lowest BCUT2D eigenvalue weighted by atomic mass is 9.91. The van der Waals surface area contributed by atoms with Crippen LogP contribution in [0, 0.1) is 17.2 Å². The monoisotopic (exact) mass is 276 g/mol. The molecule has 1 amide bonds. The number of amides is 1. The van der Waals surface area contributed by atoms with Gasteiger partial charge in [-0.15, -0.1) is 0 Å². The normalized spacial score (nSPS) is 25.2. The molecule has 1 unspecified atom stereocenters. The van der Waals surface area contributed by atoms with E-state index in [1.54, 1.807) is 18.2 Å². The second kappa shape index (κ2) is 5.17. The molecule has 3 nitrogen and oxygen atoms in total. The van der Waals surface area contributed by atoms with Crippen LogP contribution in [0.5, 0.6) is 0 Å². The Bertz CT molecular complexity index is 511. The average molecular weight is 276 g/mol. The number of benzene rings is 1. The van der Waals surface area contributed by atoms with Crippen molar-refractivity contribution in [2.45, 2.75) is 32.2 Å². The first-order chi connectivity index (χ1) is 9.62. The van der Waals surface area contributed by atoms with Crippen LogP contribution in [-0.2, 0) is 4.79 Å². The number of hydrogen-bond acceptors (Lipinski definition) is 2. The summed E-state index contributed by atoms with van der Waals surface area (Å²) in [7, 11) is 0. The maximum absolute atomic E-state index is 13.7. The van der Waals surface area contributed by atoms with E-state index in [0.29, 0.717) is 5.56 Å². The number of nitrogens with one attached hydrogen (secondary N) is 2. The minimum atomic E-state index is -0.275. The van der Waals surface area contributed by atoms with E-state index in [-0.39, 0.29) is 29.1 Å². The summed E-state index contributed by atoms with van der Waals surface area (Å²) in [6, 6.07) is 6.35. The summed E-state index contributed by atoms with van der Waals surface area (Å²) in [6.07, 6.45) is 3.16. The van der Waals surface area contributed by atoms with Gasteiger partial charge in [-0.1, -0.05) is 18.2 Å². The molecule has 2 atom stereocenters. The molecule has 1 aromatic rings. The van der Waals surface area contributed by atoms with Gasteiger partial charge in [-0.25, -0.2) is 4.39 Å². The molecule has 3 rings (SSSR count). The van der Waals surface area contributed by atoms with E-state index in [2.05, 4.69) is 10.6 Å². The van der Waals surface area contributed by atoms with E-state index < -0.39 is 0 Å². The molecular formula is C16H21FN2O. The van der Waals surface area contributed by atoms with E-state index in [4.69, 9.17) is 0 Å². The predicted octanol–water partition coefficient (Wildman–Crippen LogP) is 2.39. The third kappa shape index (κ3) is 2.44. The van der Waals surface area contributed by atoms with Crippen LogP contribution in [0.15, 0.2) is 24.3 Å². The Labute approximate surface area is 118 Å². The van der Waals surface area contributed by atoms with Gasteiger partial charge in [-0.2, -0.15) is 0 Å². The van der Waals surface area contributed by atoms with E-state index in [9.17, 15) is 9.18 Å². The highest BCUT2D eigenvalue weighted by Crippen LogP contribution is 2.58. The van der Waals surface area contributed by atoms with Gasteiger partial charge in [0.1, 0.15) is 5.82 Å². The molecular weight excluding hydrogens is 255 g/mol. The highest BCUT2D eigenvalue weighted by atomic mass is 19.1. The largest absolute Gasteiger partial charge is 0.349 e. The van der Waals surface area contributed by atoms with Gasteiger partial charge in [0, 0.05) is 11.5 Å². The van der Waals surface area contributed by atoms with Crippen molar-refractivity contribution < 1.29 is 9.18 Å². The SMILES string of the molecule is C[C@@H](NC(=O)C1CC12CCNCC2)c1ccccc1F. The van der Waals surface area contributed by atoms with Crippen molar-refractivity contribution in [3.63, 3.8) is 0 Å². The van der Waals surface area contributed by atoms with Crippen LogP contribution < -0.4 is 10.6 Å². The first-order valence-corrected chi connectivity index (χ1v) is 7.38. The van der Waals surface area contributed by atoms with Gasteiger partial charge in [0.25, 0.3) is 0 Å². The molecule has 0 aromatic heterocycles. The summed E-state index contributed by atoms with van der Waals surface area (Å²) in [5.41, 5.74) is 0.783. The molecule has 0 bridgehead atoms. The zero-order chi connectivity index (χ0) is 14.2. The topological polar surface area (TPSA) is 41.1 Å². The van der Waals surface area contributed by atoms with Crippen LogP contribution in [0.25, 0.3) is 0 Å². The van der Waals surface area contributed by atoms with Gasteiger partial charge in [-0.05, 0) is 50.8 Å². The first-order valence-electron chi connectivity index (χ1n) is 7.38. The summed E-state index contributed by atoms with van der Waals surface area (Å²) in [4.78, 5) is 12.3. The third-order valence-corrected chi connectivity index (χ3v) is 4.84. The van der Waals surface area contributed by atoms with Crippen LogP contribution in [0.3, 0.4) is 0 Å². The fourth-order valence-corrected chi connectivity index (χ4v) is 3.41. The van der Waals surface area contributed by atoms with E-state index in [0.717, 1.165) is 32.4 Å². The average Bonchev–Trinajstić information content (AvgIpc) is 3.13. The standard InChI is InChI=1S/C16H21FN2O/c1-11(12-4-2-3-5-14(12)17)19-15(20)13-10-16(13)6-8-18-9-7-16/h2-5,11,13,18H,6-10H2,1H3,(H,19,20)/t11-,13?/m1/s1. The van der Waals surface area contributed by atoms with Crippen molar-refractivity contribution in [3.8, 4) is 0 Å². The molecule has 1 spiro atoms. The number of piperidine rings is 1. The van der Waals surface area contributed by atoms with Gasteiger partial charge < -0.3 is 10.6 Å². The van der Waals surface area contributed by atoms with Gasteiger partial charge in [-0.3, -0.25) is 4.79 Å². The lowest BCUT2D eigenvalue weighted by molar-refractivity contribution is -0.123. The van der Waals surface area contributed by atoms with Crippen LogP contribution in [0.2, 0.25) is 0 Å². The number of carbonyl (C=O) groups excluding carboxylic acids is 1. The molecule has 1 aliphatic carbocycles. The van der Waals surface area contributed by atoms with Gasteiger partial charge >= 0.3 is 0 Å². The second-order valence-corrected chi connectivity index (χ2v) is 6.12. The minimum Gasteiger partial charge on any atom is -0.349 e. The van der Waals surface area contributed by atoms with Crippen molar-refractivity contribution >= 4 is 5.91 Å². The highest BCUT2D eigenvalue weighted by Gasteiger charge is 2.57. The number of carbonyl (C=O) groups is 1. The Morgan fingerprint density at radius 1 is 1.40 bits per heavy atom. The van der Waals surface area contributed by atoms with Crippen molar-refractivity contribution in [2.75, 3.05) is 13.1 Å². The molecule has 1 aliphatic heterocycles. The summed E-state index contributed by atoms with van der Waals surface area (Å²) in [5, 5.41) is 6.30. The van der Waals surface area contributed by atoms with Gasteiger partial charge in [0.2, 0.25) is 5.91 Å². The summed E-state index contributed by atoms with van der Waals surface area (Å²) in [5.74, 6) is -0.0471. The van der Waals surface area contributed by atoms with Crippen LogP contribution in [0.4, 0.5) is 4.39 Å². The lowest BCUT2D eigenvalue weighted by Crippen LogP contribution is -2.34. The lowest BCUT2D eigenvalue weighted by Gasteiger charge is -2.24. The predicted molar refractivity (Wildman–Crippen MR) is 75.6 cm³/mol. The molecule has 2 fully saturated rings. The number of hydrogen-bond donors (Lipinski definition) is 2. The summed E-state index contributed by atoms with van der Waals surface area (Å²) < 4.78 is 13.7. The molecule has 108 valence electrons. The van der Waals surface area contributed by atoms with Gasteiger partial charge in [0.05, 0.1) is 6.04 Å². The van der Waals surface area contributed by atoms with E-state index >= 15 is 0 Å². The molecule has 1 aromatic carbocycles. The highest BCUT2D eigenvalue weighted by molar-refractivity contribution is 5.83. The van der Waals surface area contributed by atoms with E-state index in [1.807, 2.05) is 6.92 Å². The Morgan fingerprint density at radius 3 is 2.80 bits per heavy atom. The Kier molecular flexibility index (Phi) is 3.50. The fourth-order valence-electron chi connectivity index (χ4n) is 3.41. The summed E-state index contributed by atoms with van der Waals surface area (Å²) in [6.45, 7) is 3.85. The zero-order valence-corrected chi connectivity index (χ0v) is 11.8. The fraction of sp³-hybridized carbons (Fsp3) is 0.562. The molecule has 20 heavy (non-hydrogen) atoms. The van der Waals surface area contributed by atoms with E-state index in [1.165, 1.54) is 6.07 Å². The zero-order valence-electron chi connectivity index (χ0n) is 11.8. The van der Waals surface area contributed by atoms with Crippen LogP contribution >= 0.6 is 0 Å². The van der Waals surface area contributed by atoms with Crippen molar-refractivity contribution in [1.82, 2.24) is 10.6 Å². The Hall–Kier alpha value is -1.42. The van der Waals surface area contributed by atoms with Gasteiger partial charge in [0.15, 0.2) is 0 Å². The summed E-state index contributed by atoms with van der Waals surface area (Å²) >= 11 is 0. The number of rotatable bonds is 3. The second-order valence-electron chi connectivity index (χ2n) is 6.12. The van der Waals surface area contributed by atoms with Crippen molar-refractivity contribution in [1.29, 1.82) is 0 Å². The molecule has 0 radical (unpaired) electrons. The minimum absolute atomic E-state index is 0.0858. The van der Waals surface area contributed by atoms with Crippen molar-refractivity contribution in [2.24, 2.45) is 11.3 Å². The Balaban J connectivity index is 1.61. The number of halogens is 1. The quantitative estimate of drug-likeness (QED) is 0.890. The maximum Gasteiger partial charge on any atom is 0.224 e. The van der Waals surface area contributed by atoms with Crippen molar-refractivity contribution in [3.05, 3.63) is 35.6 Å². The molecule has 1 heterocycles. The molecule has 2 aliphatic rings. The smallest absolute Gasteiger partial charge is 0.224 e. The molecule has 1 saturated carbocycles.